The summed E-state index contributed by atoms with van der Waals surface area (Å²) >= 11 is 0. The average molecular weight is 468 g/mol. The largest absolute Gasteiger partial charge is 0.446 e. The van der Waals surface area contributed by atoms with E-state index in [1.54, 1.807) is 25.2 Å². The lowest BCUT2D eigenvalue weighted by Crippen LogP contribution is -2.23. The maximum absolute atomic E-state index is 12.3. The van der Waals surface area contributed by atoms with Crippen molar-refractivity contribution < 1.29 is 19.1 Å². The van der Waals surface area contributed by atoms with Gasteiger partial charge in [-0.05, 0) is 35.9 Å². The molecule has 0 radical (unpaired) electrons. The average Bonchev–Trinajstić information content (AvgIpc) is 3.27. The van der Waals surface area contributed by atoms with Gasteiger partial charge in [-0.2, -0.15) is 0 Å². The van der Waals surface area contributed by atoms with Gasteiger partial charge in [-0.25, -0.2) is 14.5 Å². The number of oxime groups is 1. The van der Waals surface area contributed by atoms with Crippen LogP contribution in [0.15, 0.2) is 53.7 Å². The third-order valence-corrected chi connectivity index (χ3v) is 4.80. The number of carbonyl (C=O) groups is 1. The zero-order chi connectivity index (χ0) is 24.2. The van der Waals surface area contributed by atoms with E-state index in [0.717, 1.165) is 5.56 Å². The molecule has 3 rings (SSSR count). The number of nitrogens with zero attached hydrogens (tertiary/aromatic N) is 6. The highest BCUT2D eigenvalue weighted by Crippen LogP contribution is 2.12. The van der Waals surface area contributed by atoms with Crippen molar-refractivity contribution in [3.63, 3.8) is 0 Å². The van der Waals surface area contributed by atoms with Gasteiger partial charge in [0.05, 0.1) is 12.3 Å². The van der Waals surface area contributed by atoms with E-state index in [0.29, 0.717) is 49.1 Å². The number of carbonyl (C=O) groups excluding carboxylic acids is 1. The normalized spacial score (nSPS) is 12.3. The number of ether oxygens (including phenoxy) is 2. The first kappa shape index (κ1) is 24.8. The summed E-state index contributed by atoms with van der Waals surface area (Å²) in [6.45, 7) is 5.15. The summed E-state index contributed by atoms with van der Waals surface area (Å²) in [5.74, 6) is 0.822. The van der Waals surface area contributed by atoms with E-state index in [9.17, 15) is 4.79 Å². The monoisotopic (exact) mass is 467 g/mol. The Morgan fingerprint density at radius 1 is 1.15 bits per heavy atom. The Morgan fingerprint density at radius 3 is 2.68 bits per heavy atom. The van der Waals surface area contributed by atoms with E-state index in [1.807, 2.05) is 44.2 Å². The fraction of sp³-hybridized carbons (Fsp3) is 0.391. The number of pyridine rings is 1. The molecule has 34 heavy (non-hydrogen) atoms. The van der Waals surface area contributed by atoms with E-state index in [2.05, 4.69) is 31.0 Å². The van der Waals surface area contributed by atoms with Crippen LogP contribution >= 0.6 is 0 Å². The Labute approximate surface area is 198 Å². The summed E-state index contributed by atoms with van der Waals surface area (Å²) in [6, 6.07) is 14.7. The quantitative estimate of drug-likeness (QED) is 0.244. The molecule has 3 aromatic rings. The molecule has 1 atom stereocenters. The molecular weight excluding hydrogens is 438 g/mol. The number of tetrazole rings is 1. The van der Waals surface area contributed by atoms with Crippen LogP contribution < -0.4 is 5.32 Å². The van der Waals surface area contributed by atoms with Gasteiger partial charge in [0.25, 0.3) is 0 Å². The van der Waals surface area contributed by atoms with Crippen molar-refractivity contribution in [1.29, 1.82) is 0 Å². The first-order valence-corrected chi connectivity index (χ1v) is 11.1. The standard InChI is InChI=1S/C23H29N7O4/c1-4-19(14-15-32-5-2)34-23(31)25-20-13-9-12-18(24-20)16-33-27-21(17-10-7-6-8-11-17)22-26-28-29-30(22)3/h6-13,19H,4-5,14-16H2,1-3H3,(H,24,25,31). The van der Waals surface area contributed by atoms with E-state index in [4.69, 9.17) is 14.3 Å². The number of anilines is 1. The Bertz CT molecular complexity index is 1070. The highest BCUT2D eigenvalue weighted by Gasteiger charge is 2.15. The first-order valence-electron chi connectivity index (χ1n) is 11.1. The molecule has 0 spiro atoms. The lowest BCUT2D eigenvalue weighted by molar-refractivity contribution is 0.0675. The molecule has 0 saturated carbocycles. The van der Waals surface area contributed by atoms with Gasteiger partial charge in [0, 0.05) is 25.6 Å². The van der Waals surface area contributed by atoms with Crippen LogP contribution in [0.1, 0.15) is 43.8 Å². The topological polar surface area (TPSA) is 126 Å². The molecule has 1 N–H and O–H groups in total. The first-order chi connectivity index (χ1) is 16.6. The van der Waals surface area contributed by atoms with Crippen molar-refractivity contribution in [2.45, 2.75) is 39.4 Å². The van der Waals surface area contributed by atoms with E-state index in [1.165, 1.54) is 4.68 Å². The van der Waals surface area contributed by atoms with Crippen molar-refractivity contribution in [2.24, 2.45) is 12.2 Å². The lowest BCUT2D eigenvalue weighted by Gasteiger charge is -2.16. The predicted molar refractivity (Wildman–Crippen MR) is 125 cm³/mol. The Balaban J connectivity index is 1.62. The summed E-state index contributed by atoms with van der Waals surface area (Å²) in [7, 11) is 1.73. The van der Waals surface area contributed by atoms with Gasteiger partial charge in [-0.1, -0.05) is 48.5 Å². The number of aryl methyl sites for hydroxylation is 1. The minimum absolute atomic E-state index is 0.0815. The van der Waals surface area contributed by atoms with Crippen LogP contribution in [-0.2, 0) is 28.0 Å². The number of nitrogens with one attached hydrogen (secondary N) is 1. The Kier molecular flexibility index (Phi) is 9.47. The third-order valence-electron chi connectivity index (χ3n) is 4.80. The maximum atomic E-state index is 12.3. The van der Waals surface area contributed by atoms with Crippen molar-refractivity contribution in [2.75, 3.05) is 18.5 Å². The van der Waals surface area contributed by atoms with Gasteiger partial charge in [-0.15, -0.1) is 5.10 Å². The summed E-state index contributed by atoms with van der Waals surface area (Å²) < 4.78 is 12.3. The molecule has 0 aliphatic heterocycles. The van der Waals surface area contributed by atoms with Crippen LogP contribution in [0.25, 0.3) is 0 Å². The smallest absolute Gasteiger partial charge is 0.413 e. The molecule has 2 heterocycles. The second kappa shape index (κ2) is 13.0. The van der Waals surface area contributed by atoms with Gasteiger partial charge in [0.1, 0.15) is 11.9 Å². The van der Waals surface area contributed by atoms with Gasteiger partial charge < -0.3 is 14.3 Å². The number of benzene rings is 1. The molecule has 1 unspecified atom stereocenters. The number of hydrogen-bond donors (Lipinski definition) is 1. The van der Waals surface area contributed by atoms with Crippen LogP contribution in [0, 0.1) is 0 Å². The van der Waals surface area contributed by atoms with Crippen molar-refractivity contribution in [3.8, 4) is 0 Å². The second-order valence-corrected chi connectivity index (χ2v) is 7.27. The molecule has 11 heteroatoms. The zero-order valence-corrected chi connectivity index (χ0v) is 19.5. The summed E-state index contributed by atoms with van der Waals surface area (Å²) in [5.41, 5.74) is 1.87. The Morgan fingerprint density at radius 2 is 1.97 bits per heavy atom. The molecule has 1 aromatic carbocycles. The highest BCUT2D eigenvalue weighted by atomic mass is 16.6. The van der Waals surface area contributed by atoms with Crippen LogP contribution in [0.3, 0.4) is 0 Å². The summed E-state index contributed by atoms with van der Waals surface area (Å²) in [5, 5.41) is 18.5. The lowest BCUT2D eigenvalue weighted by atomic mass is 10.1. The summed E-state index contributed by atoms with van der Waals surface area (Å²) in [4.78, 5) is 22.2. The molecule has 0 aliphatic rings. The molecule has 180 valence electrons. The molecular formula is C23H29N7O4. The molecule has 0 saturated heterocycles. The fourth-order valence-electron chi connectivity index (χ4n) is 3.03. The van der Waals surface area contributed by atoms with Gasteiger partial charge in [-0.3, -0.25) is 5.32 Å². The summed E-state index contributed by atoms with van der Waals surface area (Å²) in [6.07, 6.45) is 0.555. The van der Waals surface area contributed by atoms with Gasteiger partial charge in [0.2, 0.25) is 5.82 Å². The van der Waals surface area contributed by atoms with E-state index >= 15 is 0 Å². The molecule has 1 amide bonds. The SMILES string of the molecule is CCOCCC(CC)OC(=O)Nc1cccc(CON=C(c2ccccc2)c2nnnn2C)n1. The van der Waals surface area contributed by atoms with Crippen molar-refractivity contribution >= 4 is 17.6 Å². The van der Waals surface area contributed by atoms with Crippen molar-refractivity contribution in [1.82, 2.24) is 25.2 Å². The molecule has 0 aliphatic carbocycles. The van der Waals surface area contributed by atoms with E-state index in [-0.39, 0.29) is 12.7 Å². The van der Waals surface area contributed by atoms with E-state index < -0.39 is 6.09 Å². The molecule has 2 aromatic heterocycles. The number of aromatic nitrogens is 5. The molecule has 11 nitrogen and oxygen atoms in total. The number of hydrogen-bond acceptors (Lipinski definition) is 9. The minimum Gasteiger partial charge on any atom is -0.446 e. The molecule has 0 bridgehead atoms. The third kappa shape index (κ3) is 7.34. The fourth-order valence-corrected chi connectivity index (χ4v) is 3.03. The number of rotatable bonds is 12. The number of amides is 1. The van der Waals surface area contributed by atoms with Gasteiger partial charge in [0.15, 0.2) is 12.3 Å². The van der Waals surface area contributed by atoms with Crippen LogP contribution in [-0.4, -0.2) is 56.3 Å². The highest BCUT2D eigenvalue weighted by molar-refractivity contribution is 6.10. The minimum atomic E-state index is -0.562. The van der Waals surface area contributed by atoms with Crippen LogP contribution in [0.5, 0.6) is 0 Å². The maximum Gasteiger partial charge on any atom is 0.413 e. The van der Waals surface area contributed by atoms with Crippen molar-refractivity contribution in [3.05, 3.63) is 65.6 Å². The zero-order valence-electron chi connectivity index (χ0n) is 19.5. The second-order valence-electron chi connectivity index (χ2n) is 7.27. The van der Waals surface area contributed by atoms with Crippen LogP contribution in [0.4, 0.5) is 10.6 Å². The predicted octanol–water partition coefficient (Wildman–Crippen LogP) is 3.33. The Hall–Kier alpha value is -3.86. The van der Waals surface area contributed by atoms with Crippen LogP contribution in [0.2, 0.25) is 0 Å². The molecule has 0 fully saturated rings. The van der Waals surface area contributed by atoms with Gasteiger partial charge >= 0.3 is 6.09 Å².